The molecule has 2 aromatic rings. The van der Waals surface area contributed by atoms with Gasteiger partial charge in [0.2, 0.25) is 5.91 Å². The van der Waals surface area contributed by atoms with Gasteiger partial charge in [-0.3, -0.25) is 28.9 Å². The normalized spacial score (nSPS) is 15.0. The van der Waals surface area contributed by atoms with Crippen LogP contribution >= 0.6 is 0 Å². The van der Waals surface area contributed by atoms with Crippen LogP contribution in [0.3, 0.4) is 0 Å². The van der Waals surface area contributed by atoms with Crippen LogP contribution < -0.4 is 21.7 Å². The van der Waals surface area contributed by atoms with E-state index in [1.54, 1.807) is 14.1 Å². The molecule has 0 radical (unpaired) electrons. The van der Waals surface area contributed by atoms with E-state index in [9.17, 15) is 24.0 Å². The summed E-state index contributed by atoms with van der Waals surface area (Å²) in [6.07, 6.45) is 2.14. The van der Waals surface area contributed by atoms with Crippen molar-refractivity contribution in [2.24, 2.45) is 5.73 Å². The van der Waals surface area contributed by atoms with Crippen LogP contribution in [0.5, 0.6) is 0 Å². The fraction of sp³-hybridized carbons (Fsp3) is 0.433. The molecule has 2 aromatic carbocycles. The van der Waals surface area contributed by atoms with Crippen molar-refractivity contribution in [3.05, 3.63) is 60.2 Å². The fourth-order valence-corrected chi connectivity index (χ4v) is 3.90. The highest BCUT2D eigenvalue weighted by atomic mass is 16.4. The van der Waals surface area contributed by atoms with Crippen LogP contribution in [-0.2, 0) is 30.4 Å². The predicted octanol–water partition coefficient (Wildman–Crippen LogP) is 0.559. The minimum absolute atomic E-state index is 0.0417. The molecule has 9 N–H and O–H groups in total. The first-order valence-electron chi connectivity index (χ1n) is 13.8. The van der Waals surface area contributed by atoms with Gasteiger partial charge in [0.05, 0.1) is 13.0 Å². The Kier molecular flexibility index (Phi) is 20.0. The molecule has 0 bridgehead atoms. The smallest absolute Gasteiger partial charge is 0.321 e. The number of carbonyl (C=O) groups excluding carboxylic acids is 1. The Bertz CT molecular complexity index is 1160. The third kappa shape index (κ3) is 16.9. The first-order chi connectivity index (χ1) is 20.8. The SMILES string of the molecule is CN1CCC[C@H]1C(=O)O.CNCC(=O)O.CN[C@@H](CC(N)=O)C(=O)O.CN[C@@H](Cc1ccc(-c2ccccc2)cc1)C(=O)O. The second-order valence-electron chi connectivity index (χ2n) is 9.70. The van der Waals surface area contributed by atoms with E-state index in [4.69, 9.17) is 26.2 Å². The largest absolute Gasteiger partial charge is 0.480 e. The number of nitrogens with one attached hydrogen (secondary N) is 3. The molecule has 14 nitrogen and oxygen atoms in total. The number of carboxylic acids is 4. The Morgan fingerprint density at radius 2 is 1.36 bits per heavy atom. The van der Waals surface area contributed by atoms with E-state index in [1.807, 2.05) is 54.4 Å². The summed E-state index contributed by atoms with van der Waals surface area (Å²) in [5, 5.41) is 41.4. The van der Waals surface area contributed by atoms with E-state index in [0.717, 1.165) is 36.1 Å². The average Bonchev–Trinajstić information content (AvgIpc) is 3.42. The molecule has 0 saturated carbocycles. The number of amides is 1. The topological polar surface area (TPSA) is 232 Å². The summed E-state index contributed by atoms with van der Waals surface area (Å²) in [5.74, 6) is -4.02. The lowest BCUT2D eigenvalue weighted by Crippen LogP contribution is -2.37. The predicted molar refractivity (Wildman–Crippen MR) is 165 cm³/mol. The van der Waals surface area contributed by atoms with Gasteiger partial charge in [0.1, 0.15) is 18.1 Å². The van der Waals surface area contributed by atoms with Crippen molar-refractivity contribution in [1.82, 2.24) is 20.9 Å². The van der Waals surface area contributed by atoms with Gasteiger partial charge >= 0.3 is 23.9 Å². The fourth-order valence-electron chi connectivity index (χ4n) is 3.90. The van der Waals surface area contributed by atoms with Crippen molar-refractivity contribution in [3.63, 3.8) is 0 Å². The number of rotatable bonds is 12. The number of likely N-dealkylation sites (tertiary alicyclic amines) is 1. The third-order valence-corrected chi connectivity index (χ3v) is 6.33. The van der Waals surface area contributed by atoms with Crippen LogP contribution in [-0.4, -0.2) is 115 Å². The van der Waals surface area contributed by atoms with Gasteiger partial charge in [0.25, 0.3) is 0 Å². The number of primary amides is 1. The van der Waals surface area contributed by atoms with Crippen molar-refractivity contribution in [2.75, 3.05) is 41.3 Å². The maximum Gasteiger partial charge on any atom is 0.321 e. The number of benzene rings is 2. The van der Waals surface area contributed by atoms with Gasteiger partial charge in [-0.05, 0) is 70.7 Å². The molecule has 0 aliphatic carbocycles. The summed E-state index contributed by atoms with van der Waals surface area (Å²) in [5.41, 5.74) is 8.08. The lowest BCUT2D eigenvalue weighted by atomic mass is 10.0. The Balaban J connectivity index is 0.000000625. The van der Waals surface area contributed by atoms with E-state index >= 15 is 0 Å². The van der Waals surface area contributed by atoms with Crippen LogP contribution in [0.25, 0.3) is 11.1 Å². The molecule has 0 aromatic heterocycles. The molecule has 244 valence electrons. The first kappa shape index (κ1) is 39.6. The summed E-state index contributed by atoms with van der Waals surface area (Å²) in [4.78, 5) is 53.1. The zero-order valence-corrected chi connectivity index (χ0v) is 25.5. The summed E-state index contributed by atoms with van der Waals surface area (Å²) in [6.45, 7) is 0.969. The molecule has 0 spiro atoms. The number of hydrogen-bond acceptors (Lipinski definition) is 9. The summed E-state index contributed by atoms with van der Waals surface area (Å²) in [6, 6.07) is 16.5. The number of hydrogen-bond donors (Lipinski definition) is 8. The molecule has 0 unspecified atom stereocenters. The highest BCUT2D eigenvalue weighted by Crippen LogP contribution is 2.19. The minimum Gasteiger partial charge on any atom is -0.480 e. The second kappa shape index (κ2) is 22.2. The van der Waals surface area contributed by atoms with Crippen molar-refractivity contribution in [2.45, 2.75) is 43.8 Å². The molecule has 1 aliphatic heterocycles. The number of nitrogens with zero attached hydrogens (tertiary/aromatic N) is 1. The van der Waals surface area contributed by atoms with Gasteiger partial charge in [0.15, 0.2) is 0 Å². The molecular weight excluding hydrogens is 574 g/mol. The van der Waals surface area contributed by atoms with E-state index in [2.05, 4.69) is 28.1 Å². The molecular formula is C30H45N5O9. The molecule has 3 rings (SSSR count). The number of likely N-dealkylation sites (N-methyl/N-ethyl adjacent to an activating group) is 4. The number of aliphatic carboxylic acids is 4. The highest BCUT2D eigenvalue weighted by Gasteiger charge is 2.26. The molecule has 1 aliphatic rings. The molecule has 1 amide bonds. The molecule has 1 fully saturated rings. The van der Waals surface area contributed by atoms with Crippen molar-refractivity contribution >= 4 is 29.8 Å². The van der Waals surface area contributed by atoms with Gasteiger partial charge in [-0.1, -0.05) is 54.6 Å². The zero-order chi connectivity index (χ0) is 33.7. The second-order valence-corrected chi connectivity index (χ2v) is 9.70. The van der Waals surface area contributed by atoms with Crippen molar-refractivity contribution in [3.8, 4) is 11.1 Å². The first-order valence-corrected chi connectivity index (χ1v) is 13.8. The maximum absolute atomic E-state index is 11.0. The van der Waals surface area contributed by atoms with Gasteiger partial charge < -0.3 is 42.1 Å². The summed E-state index contributed by atoms with van der Waals surface area (Å²) in [7, 11) is 6.57. The lowest BCUT2D eigenvalue weighted by molar-refractivity contribution is -0.142. The Hall–Kier alpha value is -4.37. The monoisotopic (exact) mass is 619 g/mol. The van der Waals surface area contributed by atoms with Gasteiger partial charge in [-0.15, -0.1) is 0 Å². The number of nitrogens with two attached hydrogens (primary N) is 1. The van der Waals surface area contributed by atoms with Crippen molar-refractivity contribution in [1.29, 1.82) is 0 Å². The molecule has 14 heteroatoms. The van der Waals surface area contributed by atoms with E-state index in [1.165, 1.54) is 7.05 Å². The number of carbonyl (C=O) groups is 5. The summed E-state index contributed by atoms with van der Waals surface area (Å²) >= 11 is 0. The quantitative estimate of drug-likeness (QED) is 0.162. The third-order valence-electron chi connectivity index (χ3n) is 6.33. The van der Waals surface area contributed by atoms with Crippen LogP contribution in [0, 0.1) is 0 Å². The summed E-state index contributed by atoms with van der Waals surface area (Å²) < 4.78 is 0. The van der Waals surface area contributed by atoms with E-state index in [-0.39, 0.29) is 19.0 Å². The van der Waals surface area contributed by atoms with Gasteiger partial charge in [-0.25, -0.2) is 0 Å². The lowest BCUT2D eigenvalue weighted by Gasteiger charge is -2.13. The number of carboxylic acid groups (broad SMARTS) is 4. The van der Waals surface area contributed by atoms with Gasteiger partial charge in [-0.2, -0.15) is 0 Å². The molecule has 3 atom stereocenters. The van der Waals surface area contributed by atoms with Crippen LogP contribution in [0.15, 0.2) is 54.6 Å². The standard InChI is InChI=1S/C16H17NO2.C6H11NO2.C5H10N2O3.C3H7NO2/c1-17-15(16(18)19)11-12-7-9-14(10-8-12)13-5-3-2-4-6-13;1-7-4-2-3-5(7)6(8)9;1-7-3(5(9)10)2-4(6)8;1-4-2-3(5)6/h2-10,15,17H,11H2,1H3,(H,18,19);5H,2-4H2,1H3,(H,8,9);3,7H,2H2,1H3,(H2,6,8)(H,9,10);4H,2H2,1H3,(H,5,6)/t15-;5-;3-;/m000./s1. The van der Waals surface area contributed by atoms with Crippen LogP contribution in [0.4, 0.5) is 0 Å². The Morgan fingerprint density at radius 1 is 0.841 bits per heavy atom. The average molecular weight is 620 g/mol. The Labute approximate surface area is 257 Å². The van der Waals surface area contributed by atoms with E-state index < -0.39 is 41.9 Å². The molecule has 1 saturated heterocycles. The zero-order valence-electron chi connectivity index (χ0n) is 25.5. The van der Waals surface area contributed by atoms with Gasteiger partial charge in [0, 0.05) is 0 Å². The minimum atomic E-state index is -1.07. The molecule has 44 heavy (non-hydrogen) atoms. The van der Waals surface area contributed by atoms with Crippen molar-refractivity contribution < 1.29 is 44.4 Å². The van der Waals surface area contributed by atoms with Crippen LogP contribution in [0.2, 0.25) is 0 Å². The molecule has 1 heterocycles. The van der Waals surface area contributed by atoms with Crippen LogP contribution in [0.1, 0.15) is 24.8 Å². The highest BCUT2D eigenvalue weighted by molar-refractivity contribution is 5.83. The Morgan fingerprint density at radius 3 is 1.66 bits per heavy atom. The van der Waals surface area contributed by atoms with E-state index in [0.29, 0.717) is 6.42 Å². The maximum atomic E-state index is 11.0.